The lowest BCUT2D eigenvalue weighted by Gasteiger charge is -2.01. The Bertz CT molecular complexity index is 268. The Balaban J connectivity index is 2.50. The van der Waals surface area contributed by atoms with Gasteiger partial charge in [0.1, 0.15) is 6.61 Å². The largest absolute Gasteiger partial charge is 0.466 e. The summed E-state index contributed by atoms with van der Waals surface area (Å²) in [5.41, 5.74) is 2.07. The second kappa shape index (κ2) is 3.90. The third-order valence-electron chi connectivity index (χ3n) is 1.59. The fourth-order valence-electron chi connectivity index (χ4n) is 1.09. The highest BCUT2D eigenvalue weighted by Crippen LogP contribution is 2.00. The molecule has 1 rings (SSSR count). The lowest BCUT2D eigenvalue weighted by Crippen LogP contribution is -2.08. The highest BCUT2D eigenvalue weighted by molar-refractivity contribution is 5.36. The lowest BCUT2D eigenvalue weighted by molar-refractivity contribution is -0.129. The van der Waals surface area contributed by atoms with Crippen LogP contribution in [0.1, 0.15) is 11.4 Å². The number of ether oxygens (including phenoxy) is 1. The van der Waals surface area contributed by atoms with Crippen molar-refractivity contribution in [1.82, 2.24) is 9.78 Å². The zero-order valence-corrected chi connectivity index (χ0v) is 7.28. The van der Waals surface area contributed by atoms with E-state index in [9.17, 15) is 4.79 Å². The topological polar surface area (TPSA) is 44.1 Å². The highest BCUT2D eigenvalue weighted by atomic mass is 16.5. The highest BCUT2D eigenvalue weighted by Gasteiger charge is 1.99. The van der Waals surface area contributed by atoms with E-state index in [2.05, 4.69) is 9.84 Å². The van der Waals surface area contributed by atoms with Crippen LogP contribution < -0.4 is 0 Å². The standard InChI is InChI=1S/C8H12N2O2/c1-7-5-8(2)10(9-7)3-4-12-6-11/h5-6H,3-4H2,1-2H3. The fraction of sp³-hybridized carbons (Fsp3) is 0.500. The molecule has 12 heavy (non-hydrogen) atoms. The van der Waals surface area contributed by atoms with Crippen LogP contribution in [0.5, 0.6) is 0 Å². The Morgan fingerprint density at radius 3 is 2.92 bits per heavy atom. The van der Waals surface area contributed by atoms with Crippen LogP contribution in [0.2, 0.25) is 0 Å². The van der Waals surface area contributed by atoms with Gasteiger partial charge in [-0.25, -0.2) is 0 Å². The summed E-state index contributed by atoms with van der Waals surface area (Å²) >= 11 is 0. The van der Waals surface area contributed by atoms with Gasteiger partial charge in [0.25, 0.3) is 6.47 Å². The molecule has 0 fully saturated rings. The Morgan fingerprint density at radius 1 is 1.67 bits per heavy atom. The smallest absolute Gasteiger partial charge is 0.293 e. The van der Waals surface area contributed by atoms with Crippen molar-refractivity contribution in [3.05, 3.63) is 17.5 Å². The van der Waals surface area contributed by atoms with Crippen molar-refractivity contribution >= 4 is 6.47 Å². The summed E-state index contributed by atoms with van der Waals surface area (Å²) in [6, 6.07) is 1.99. The van der Waals surface area contributed by atoms with Crippen molar-refractivity contribution in [3.63, 3.8) is 0 Å². The van der Waals surface area contributed by atoms with Crippen molar-refractivity contribution in [3.8, 4) is 0 Å². The molecule has 0 N–H and O–H groups in total. The number of hydrogen-bond donors (Lipinski definition) is 0. The van der Waals surface area contributed by atoms with E-state index in [1.807, 2.05) is 24.6 Å². The fourth-order valence-corrected chi connectivity index (χ4v) is 1.09. The molecular weight excluding hydrogens is 156 g/mol. The third-order valence-corrected chi connectivity index (χ3v) is 1.59. The van der Waals surface area contributed by atoms with E-state index < -0.39 is 0 Å². The van der Waals surface area contributed by atoms with Gasteiger partial charge in [-0.05, 0) is 19.9 Å². The summed E-state index contributed by atoms with van der Waals surface area (Å²) in [5, 5.41) is 4.20. The van der Waals surface area contributed by atoms with Crippen LogP contribution in [-0.2, 0) is 16.1 Å². The molecule has 66 valence electrons. The number of carbonyl (C=O) groups excluding carboxylic acids is 1. The average Bonchev–Trinajstić information content (AvgIpc) is 2.31. The van der Waals surface area contributed by atoms with E-state index in [0.29, 0.717) is 19.6 Å². The number of carbonyl (C=O) groups is 1. The second-order valence-electron chi connectivity index (χ2n) is 2.62. The second-order valence-corrected chi connectivity index (χ2v) is 2.62. The molecule has 1 aromatic rings. The molecule has 1 heterocycles. The van der Waals surface area contributed by atoms with Crippen molar-refractivity contribution in [2.45, 2.75) is 20.4 Å². The predicted octanol–water partition coefficient (Wildman–Crippen LogP) is 0.673. The number of rotatable bonds is 4. The molecule has 4 nitrogen and oxygen atoms in total. The summed E-state index contributed by atoms with van der Waals surface area (Å²) in [4.78, 5) is 9.83. The van der Waals surface area contributed by atoms with Crippen molar-refractivity contribution in [1.29, 1.82) is 0 Å². The SMILES string of the molecule is Cc1cc(C)n(CCOC=O)n1. The molecule has 1 aromatic heterocycles. The molecule has 0 bridgehead atoms. The first-order valence-corrected chi connectivity index (χ1v) is 3.80. The Hall–Kier alpha value is -1.32. The predicted molar refractivity (Wildman–Crippen MR) is 43.7 cm³/mol. The lowest BCUT2D eigenvalue weighted by atomic mass is 10.4. The summed E-state index contributed by atoms with van der Waals surface area (Å²) in [6.45, 7) is 5.36. The summed E-state index contributed by atoms with van der Waals surface area (Å²) in [7, 11) is 0. The van der Waals surface area contributed by atoms with Crippen LogP contribution in [0.4, 0.5) is 0 Å². The molecule has 0 atom stereocenters. The molecule has 0 saturated carbocycles. The third kappa shape index (κ3) is 2.08. The molecule has 0 aliphatic heterocycles. The minimum Gasteiger partial charge on any atom is -0.466 e. The molecule has 0 spiro atoms. The first-order chi connectivity index (χ1) is 5.74. The number of aromatic nitrogens is 2. The van der Waals surface area contributed by atoms with Gasteiger partial charge in [-0.3, -0.25) is 9.48 Å². The quantitative estimate of drug-likeness (QED) is 0.490. The first kappa shape index (κ1) is 8.77. The number of aryl methyl sites for hydroxylation is 2. The van der Waals surface area contributed by atoms with Gasteiger partial charge in [0.15, 0.2) is 0 Å². The van der Waals surface area contributed by atoms with Crippen molar-refractivity contribution in [2.24, 2.45) is 0 Å². The van der Waals surface area contributed by atoms with Crippen molar-refractivity contribution < 1.29 is 9.53 Å². The molecular formula is C8H12N2O2. The molecule has 0 amide bonds. The maximum Gasteiger partial charge on any atom is 0.293 e. The van der Waals surface area contributed by atoms with Gasteiger partial charge in [-0.15, -0.1) is 0 Å². The molecule has 0 aromatic carbocycles. The molecule has 0 unspecified atom stereocenters. The van der Waals surface area contributed by atoms with E-state index in [0.717, 1.165) is 11.4 Å². The number of hydrogen-bond acceptors (Lipinski definition) is 3. The monoisotopic (exact) mass is 168 g/mol. The van der Waals surface area contributed by atoms with Gasteiger partial charge in [-0.1, -0.05) is 0 Å². The van der Waals surface area contributed by atoms with Gasteiger partial charge in [0.05, 0.1) is 12.2 Å². The molecule has 0 aliphatic carbocycles. The van der Waals surface area contributed by atoms with Crippen LogP contribution in [0.15, 0.2) is 6.07 Å². The maximum absolute atomic E-state index is 9.83. The first-order valence-electron chi connectivity index (χ1n) is 3.80. The van der Waals surface area contributed by atoms with Crippen molar-refractivity contribution in [2.75, 3.05) is 6.61 Å². The summed E-state index contributed by atoms with van der Waals surface area (Å²) < 4.78 is 6.38. The summed E-state index contributed by atoms with van der Waals surface area (Å²) in [6.07, 6.45) is 0. The van der Waals surface area contributed by atoms with E-state index in [1.54, 1.807) is 0 Å². The zero-order valence-electron chi connectivity index (χ0n) is 7.28. The van der Waals surface area contributed by atoms with Crippen LogP contribution in [0.3, 0.4) is 0 Å². The van der Waals surface area contributed by atoms with Crippen LogP contribution in [0.25, 0.3) is 0 Å². The van der Waals surface area contributed by atoms with Crippen LogP contribution in [0, 0.1) is 13.8 Å². The Labute approximate surface area is 71.1 Å². The van der Waals surface area contributed by atoms with Gasteiger partial charge >= 0.3 is 0 Å². The molecule has 0 radical (unpaired) electrons. The number of nitrogens with zero attached hydrogens (tertiary/aromatic N) is 2. The Kier molecular flexibility index (Phi) is 2.85. The van der Waals surface area contributed by atoms with Gasteiger partial charge in [-0.2, -0.15) is 5.10 Å². The van der Waals surface area contributed by atoms with Gasteiger partial charge in [0, 0.05) is 5.69 Å². The minimum absolute atomic E-state index is 0.380. The van der Waals surface area contributed by atoms with E-state index >= 15 is 0 Å². The van der Waals surface area contributed by atoms with Crippen LogP contribution >= 0.6 is 0 Å². The average molecular weight is 168 g/mol. The molecule has 0 saturated heterocycles. The Morgan fingerprint density at radius 2 is 2.42 bits per heavy atom. The molecule has 4 heteroatoms. The van der Waals surface area contributed by atoms with Gasteiger partial charge < -0.3 is 4.74 Å². The van der Waals surface area contributed by atoms with E-state index in [1.165, 1.54) is 0 Å². The molecule has 0 aliphatic rings. The maximum atomic E-state index is 9.83. The van der Waals surface area contributed by atoms with E-state index in [4.69, 9.17) is 0 Å². The van der Waals surface area contributed by atoms with Gasteiger partial charge in [0.2, 0.25) is 0 Å². The van der Waals surface area contributed by atoms with E-state index in [-0.39, 0.29) is 0 Å². The normalized spacial score (nSPS) is 9.83. The van der Waals surface area contributed by atoms with Crippen LogP contribution in [-0.4, -0.2) is 22.9 Å². The zero-order chi connectivity index (χ0) is 8.97. The minimum atomic E-state index is 0.380. The summed E-state index contributed by atoms with van der Waals surface area (Å²) in [5.74, 6) is 0.